The van der Waals surface area contributed by atoms with Crippen molar-refractivity contribution in [3.63, 3.8) is 0 Å². The van der Waals surface area contributed by atoms with Crippen LogP contribution < -0.4 is 32.1 Å². The molecule has 5 amide bonds. The Balaban J connectivity index is 1.04. The van der Waals surface area contributed by atoms with Gasteiger partial charge in [0.05, 0.1) is 95.9 Å². The summed E-state index contributed by atoms with van der Waals surface area (Å²) in [6, 6.07) is 5.46. The van der Waals surface area contributed by atoms with Crippen molar-refractivity contribution in [1.29, 1.82) is 0 Å². The molecule has 2 aromatic heterocycles. The molecular formula is C41H53N7O11. The normalized spacial score (nSPS) is 12.9. The van der Waals surface area contributed by atoms with Crippen LogP contribution in [0, 0.1) is 0 Å². The minimum atomic E-state index is -0.965. The summed E-state index contributed by atoms with van der Waals surface area (Å²) < 4.78 is 17.3. The molecule has 1 atom stereocenters. The standard InChI is InChI=1S/C41H53N7O11/c1-4-25-28(40(55)24(2)3)18-32-39-29(23-48(32)41(25)56)26-6-5-7-27-30(8-9-31(47-39)38(26)27)46-37(54)22-45-36(53)21-44-35(52)20-43-34(51)19-42-33(50)10-12-57-14-16-59-17-15-58-13-11-49/h8-9,18,40,49,55H,2,4-7,10-17,19-23H2,1,3H3,(H,42,50)(H,43,51)(H,44,52)(H,45,53)(H,46,54)/t40-/m1/s1. The van der Waals surface area contributed by atoms with Crippen LogP contribution in [0.2, 0.25) is 0 Å². The van der Waals surface area contributed by atoms with E-state index in [1.54, 1.807) is 17.6 Å². The second-order valence-corrected chi connectivity index (χ2v) is 14.2. The molecule has 5 rings (SSSR count). The Bertz CT molecular complexity index is 2130. The Hall–Kier alpha value is -5.53. The largest absolute Gasteiger partial charge is 0.394 e. The number of aliphatic hydroxyl groups is 2. The molecule has 18 heteroatoms. The molecule has 0 saturated heterocycles. The molecule has 18 nitrogen and oxygen atoms in total. The minimum Gasteiger partial charge on any atom is -0.394 e. The van der Waals surface area contributed by atoms with Gasteiger partial charge in [-0.1, -0.05) is 13.5 Å². The molecule has 59 heavy (non-hydrogen) atoms. The van der Waals surface area contributed by atoms with E-state index in [2.05, 4.69) is 33.2 Å². The predicted molar refractivity (Wildman–Crippen MR) is 217 cm³/mol. The van der Waals surface area contributed by atoms with Crippen molar-refractivity contribution in [2.75, 3.05) is 77.7 Å². The number of fused-ring (bicyclic) bond motifs is 4. The molecule has 0 unspecified atom stereocenters. The van der Waals surface area contributed by atoms with Crippen molar-refractivity contribution in [3.8, 4) is 11.4 Å². The summed E-state index contributed by atoms with van der Waals surface area (Å²) in [7, 11) is 0. The fourth-order valence-electron chi connectivity index (χ4n) is 7.07. The van der Waals surface area contributed by atoms with Gasteiger partial charge in [-0.2, -0.15) is 0 Å². The number of hydrogen-bond donors (Lipinski definition) is 7. The number of amides is 5. The maximum absolute atomic E-state index is 13.7. The fraction of sp³-hybridized carbons (Fsp3) is 0.488. The van der Waals surface area contributed by atoms with Crippen LogP contribution in [0.5, 0.6) is 0 Å². The van der Waals surface area contributed by atoms with Gasteiger partial charge in [-0.15, -0.1) is 0 Å². The van der Waals surface area contributed by atoms with E-state index in [1.165, 1.54) is 0 Å². The lowest BCUT2D eigenvalue weighted by atomic mass is 9.86. The highest BCUT2D eigenvalue weighted by Crippen LogP contribution is 2.42. The number of benzene rings is 1. The number of carbonyl (C=O) groups excluding carboxylic acids is 5. The van der Waals surface area contributed by atoms with E-state index in [0.717, 1.165) is 40.4 Å². The zero-order valence-electron chi connectivity index (χ0n) is 33.5. The first-order valence-electron chi connectivity index (χ1n) is 19.7. The summed E-state index contributed by atoms with van der Waals surface area (Å²) in [5, 5.41) is 33.0. The van der Waals surface area contributed by atoms with Gasteiger partial charge in [0.15, 0.2) is 0 Å². The smallest absolute Gasteiger partial charge is 0.254 e. The quantitative estimate of drug-likeness (QED) is 0.0384. The molecule has 0 fully saturated rings. The van der Waals surface area contributed by atoms with Gasteiger partial charge >= 0.3 is 0 Å². The summed E-state index contributed by atoms with van der Waals surface area (Å²) in [5.41, 5.74) is 7.16. The molecule has 1 aliphatic heterocycles. The monoisotopic (exact) mass is 819 g/mol. The topological polar surface area (TPSA) is 249 Å². The average molecular weight is 820 g/mol. The fourth-order valence-corrected chi connectivity index (χ4v) is 7.07. The molecule has 1 aliphatic carbocycles. The molecule has 3 heterocycles. The van der Waals surface area contributed by atoms with E-state index in [-0.39, 0.29) is 51.5 Å². The van der Waals surface area contributed by atoms with Gasteiger partial charge < -0.3 is 55.6 Å². The van der Waals surface area contributed by atoms with E-state index < -0.39 is 48.7 Å². The summed E-state index contributed by atoms with van der Waals surface area (Å²) in [5.74, 6) is -2.75. The van der Waals surface area contributed by atoms with Crippen molar-refractivity contribution < 1.29 is 48.4 Å². The first-order valence-corrected chi connectivity index (χ1v) is 19.7. The van der Waals surface area contributed by atoms with Gasteiger partial charge in [-0.05, 0) is 73.1 Å². The highest BCUT2D eigenvalue weighted by molar-refractivity contribution is 6.01. The van der Waals surface area contributed by atoms with Crippen molar-refractivity contribution in [3.05, 3.63) is 68.5 Å². The molecule has 0 radical (unpaired) electrons. The van der Waals surface area contributed by atoms with E-state index >= 15 is 0 Å². The number of aliphatic hydroxyl groups excluding tert-OH is 2. The zero-order chi connectivity index (χ0) is 42.5. The number of nitrogens with one attached hydrogen (secondary N) is 5. The first kappa shape index (κ1) is 44.6. The Labute approximate surface area is 341 Å². The van der Waals surface area contributed by atoms with Gasteiger partial charge in [0.1, 0.15) is 6.10 Å². The number of carbonyl (C=O) groups is 5. The third-order valence-corrected chi connectivity index (χ3v) is 9.95. The first-order chi connectivity index (χ1) is 28.4. The number of ether oxygens (including phenoxy) is 3. The lowest BCUT2D eigenvalue weighted by Gasteiger charge is -2.22. The summed E-state index contributed by atoms with van der Waals surface area (Å²) in [6.45, 7) is 7.94. The van der Waals surface area contributed by atoms with Gasteiger partial charge in [-0.25, -0.2) is 4.98 Å². The highest BCUT2D eigenvalue weighted by Gasteiger charge is 2.31. The summed E-state index contributed by atoms with van der Waals surface area (Å²) >= 11 is 0. The predicted octanol–water partition coefficient (Wildman–Crippen LogP) is -0.0787. The molecule has 0 saturated carbocycles. The minimum absolute atomic E-state index is 0.0227. The number of aromatic nitrogens is 2. The zero-order valence-corrected chi connectivity index (χ0v) is 33.5. The van der Waals surface area contributed by atoms with Crippen LogP contribution >= 0.6 is 0 Å². The van der Waals surface area contributed by atoms with Crippen LogP contribution in [0.3, 0.4) is 0 Å². The van der Waals surface area contributed by atoms with Crippen LogP contribution in [0.1, 0.15) is 60.6 Å². The van der Waals surface area contributed by atoms with Crippen molar-refractivity contribution in [2.45, 2.75) is 58.6 Å². The third-order valence-electron chi connectivity index (χ3n) is 9.95. The molecule has 2 aliphatic rings. The van der Waals surface area contributed by atoms with E-state index in [4.69, 9.17) is 24.3 Å². The lowest BCUT2D eigenvalue weighted by molar-refractivity contribution is -0.129. The number of rotatable bonds is 23. The molecule has 1 aromatic carbocycles. The maximum Gasteiger partial charge on any atom is 0.254 e. The molecular weight excluding hydrogens is 766 g/mol. The molecule has 0 spiro atoms. The second-order valence-electron chi connectivity index (χ2n) is 14.2. The van der Waals surface area contributed by atoms with Gasteiger partial charge in [-0.3, -0.25) is 28.8 Å². The lowest BCUT2D eigenvalue weighted by Crippen LogP contribution is -2.45. The Morgan fingerprint density at radius 1 is 0.814 bits per heavy atom. The third kappa shape index (κ3) is 11.6. The summed E-state index contributed by atoms with van der Waals surface area (Å²) in [4.78, 5) is 80.2. The second kappa shape index (κ2) is 21.5. The molecule has 318 valence electrons. The van der Waals surface area contributed by atoms with Gasteiger partial charge in [0, 0.05) is 28.6 Å². The van der Waals surface area contributed by atoms with Crippen LogP contribution in [0.25, 0.3) is 22.3 Å². The van der Waals surface area contributed by atoms with E-state index in [9.17, 15) is 33.9 Å². The van der Waals surface area contributed by atoms with Crippen molar-refractivity contribution >= 4 is 46.1 Å². The average Bonchev–Trinajstić information content (AvgIpc) is 3.60. The van der Waals surface area contributed by atoms with Crippen molar-refractivity contribution in [1.82, 2.24) is 30.8 Å². The number of aryl methyl sites for hydroxylation is 2. The Kier molecular flexibility index (Phi) is 16.2. The maximum atomic E-state index is 13.7. The van der Waals surface area contributed by atoms with Crippen LogP contribution in [0.4, 0.5) is 5.69 Å². The van der Waals surface area contributed by atoms with Crippen LogP contribution in [-0.4, -0.2) is 122 Å². The molecule has 3 aromatic rings. The summed E-state index contributed by atoms with van der Waals surface area (Å²) in [6.07, 6.45) is 1.81. The van der Waals surface area contributed by atoms with E-state index in [0.29, 0.717) is 73.0 Å². The Morgan fingerprint density at radius 2 is 1.39 bits per heavy atom. The number of anilines is 1. The molecule has 0 bridgehead atoms. The van der Waals surface area contributed by atoms with Crippen LogP contribution in [0.15, 0.2) is 35.1 Å². The van der Waals surface area contributed by atoms with Crippen molar-refractivity contribution in [2.24, 2.45) is 0 Å². The Morgan fingerprint density at radius 3 is 2.00 bits per heavy atom. The number of hydrogen-bond acceptors (Lipinski definition) is 12. The molecule has 7 N–H and O–H groups in total. The van der Waals surface area contributed by atoms with Crippen LogP contribution in [-0.2, 0) is 64.0 Å². The van der Waals surface area contributed by atoms with Gasteiger partial charge in [0.25, 0.3) is 5.56 Å². The SMILES string of the molecule is C=C(C)[C@@H](O)c1cc2n(c(=O)c1CC)Cc1c-2nc2ccc(NC(=O)CNC(=O)CNC(=O)CNC(=O)CNC(=O)CCOCCOCCOCCO)c3c2c1CCC3. The number of nitrogens with zero attached hydrogens (tertiary/aromatic N) is 2. The van der Waals surface area contributed by atoms with E-state index in [1.807, 2.05) is 19.1 Å². The number of pyridine rings is 2. The highest BCUT2D eigenvalue weighted by atomic mass is 16.5. The van der Waals surface area contributed by atoms with Gasteiger partial charge in [0.2, 0.25) is 29.5 Å².